The van der Waals surface area contributed by atoms with Crippen molar-refractivity contribution in [1.29, 1.82) is 0 Å². The number of H-pyrrole nitrogens is 3. The molecule has 10 heteroatoms. The number of hydrogen-bond donors (Lipinski definition) is 4. The molecule has 132 valence electrons. The van der Waals surface area contributed by atoms with E-state index in [-0.39, 0.29) is 11.6 Å². The fourth-order valence-corrected chi connectivity index (χ4v) is 2.52. The lowest BCUT2D eigenvalue weighted by Gasteiger charge is -2.09. The number of nitrogens with one attached hydrogen (secondary N) is 4. The molecule has 0 aliphatic rings. The zero-order valence-corrected chi connectivity index (χ0v) is 14.2. The van der Waals surface area contributed by atoms with Crippen molar-refractivity contribution in [2.24, 2.45) is 0 Å². The van der Waals surface area contributed by atoms with E-state index in [2.05, 4.69) is 49.5 Å². The van der Waals surface area contributed by atoms with E-state index in [1.165, 1.54) is 0 Å². The highest BCUT2D eigenvalue weighted by atomic mass is 16.2. The van der Waals surface area contributed by atoms with E-state index in [1.807, 2.05) is 10.8 Å². The topological polar surface area (TPSA) is 137 Å². The fraction of sp³-hybridized carbons (Fsp3) is 0.400. The van der Waals surface area contributed by atoms with Crippen molar-refractivity contribution in [3.8, 4) is 0 Å². The van der Waals surface area contributed by atoms with Gasteiger partial charge in [-0.05, 0) is 13.0 Å². The Morgan fingerprint density at radius 3 is 2.76 bits per heavy atom. The monoisotopic (exact) mass is 344 g/mol. The van der Waals surface area contributed by atoms with Crippen LogP contribution in [0.5, 0.6) is 0 Å². The quantitative estimate of drug-likeness (QED) is 0.521. The number of rotatable bonds is 6. The Balaban J connectivity index is 1.67. The van der Waals surface area contributed by atoms with Crippen molar-refractivity contribution in [2.75, 3.05) is 0 Å². The Bertz CT molecular complexity index is 916. The predicted octanol–water partition coefficient (Wildman–Crippen LogP) is 0.680. The van der Waals surface area contributed by atoms with Crippen LogP contribution in [0.25, 0.3) is 0 Å². The number of amides is 1. The van der Waals surface area contributed by atoms with Crippen molar-refractivity contribution < 1.29 is 4.79 Å². The van der Waals surface area contributed by atoms with Gasteiger partial charge in [-0.3, -0.25) is 14.9 Å². The highest BCUT2D eigenvalue weighted by Crippen LogP contribution is 2.14. The Labute approximate surface area is 143 Å². The third-order valence-corrected chi connectivity index (χ3v) is 3.75. The van der Waals surface area contributed by atoms with Gasteiger partial charge in [0, 0.05) is 18.3 Å². The third-order valence-electron chi connectivity index (χ3n) is 3.75. The van der Waals surface area contributed by atoms with Gasteiger partial charge in [-0.1, -0.05) is 13.8 Å². The molecule has 0 bridgehead atoms. The molecule has 1 amide bonds. The lowest BCUT2D eigenvalue weighted by atomic mass is 10.2. The normalized spacial score (nSPS) is 12.5. The second-order valence-electron chi connectivity index (χ2n) is 6.10. The van der Waals surface area contributed by atoms with Crippen LogP contribution < -0.4 is 11.0 Å². The van der Waals surface area contributed by atoms with Gasteiger partial charge in [0.15, 0.2) is 5.82 Å². The van der Waals surface area contributed by atoms with E-state index in [9.17, 15) is 9.59 Å². The smallest absolute Gasteiger partial charge is 0.340 e. The Hall–Kier alpha value is -3.17. The number of nitrogens with zero attached hydrogens (tertiary/aromatic N) is 4. The van der Waals surface area contributed by atoms with Gasteiger partial charge in [-0.15, -0.1) is 0 Å². The molecule has 0 radical (unpaired) electrons. The first-order chi connectivity index (χ1) is 11.9. The maximum absolute atomic E-state index is 12.3. The summed E-state index contributed by atoms with van der Waals surface area (Å²) in [5.41, 5.74) is 0.649. The minimum absolute atomic E-state index is 0.269. The molecule has 0 saturated carbocycles. The molecule has 3 heterocycles. The summed E-state index contributed by atoms with van der Waals surface area (Å²) in [7, 11) is 0. The van der Waals surface area contributed by atoms with Gasteiger partial charge in [0.2, 0.25) is 0 Å². The van der Waals surface area contributed by atoms with Gasteiger partial charge >= 0.3 is 5.69 Å². The molecule has 3 aromatic heterocycles. The number of aromatic nitrogens is 7. The maximum atomic E-state index is 12.3. The van der Waals surface area contributed by atoms with Crippen LogP contribution >= 0.6 is 0 Å². The average molecular weight is 344 g/mol. The molecule has 3 rings (SSSR count). The molecule has 10 nitrogen and oxygen atoms in total. The van der Waals surface area contributed by atoms with Crippen LogP contribution in [-0.4, -0.2) is 40.8 Å². The van der Waals surface area contributed by atoms with Crippen molar-refractivity contribution in [3.63, 3.8) is 0 Å². The molecule has 0 fully saturated rings. The van der Waals surface area contributed by atoms with Crippen LogP contribution in [-0.2, 0) is 6.54 Å². The largest absolute Gasteiger partial charge is 0.341 e. The van der Waals surface area contributed by atoms with Crippen molar-refractivity contribution in [2.45, 2.75) is 39.3 Å². The minimum Gasteiger partial charge on any atom is -0.341 e. The predicted molar refractivity (Wildman–Crippen MR) is 89.1 cm³/mol. The van der Waals surface area contributed by atoms with Gasteiger partial charge in [0.25, 0.3) is 5.91 Å². The zero-order valence-electron chi connectivity index (χ0n) is 14.2. The Kier molecular flexibility index (Phi) is 4.50. The Morgan fingerprint density at radius 1 is 1.28 bits per heavy atom. The van der Waals surface area contributed by atoms with E-state index >= 15 is 0 Å². The second-order valence-corrected chi connectivity index (χ2v) is 6.10. The molecule has 0 spiro atoms. The third kappa shape index (κ3) is 3.67. The summed E-state index contributed by atoms with van der Waals surface area (Å²) < 4.78 is 2.01. The fourth-order valence-electron chi connectivity index (χ4n) is 2.52. The first kappa shape index (κ1) is 16.7. The Morgan fingerprint density at radius 2 is 2.08 bits per heavy atom. The van der Waals surface area contributed by atoms with Crippen LogP contribution in [0.2, 0.25) is 0 Å². The molecule has 0 saturated heterocycles. The number of imidazole rings is 1. The summed E-state index contributed by atoms with van der Waals surface area (Å²) in [5.74, 6) is 1.27. The van der Waals surface area contributed by atoms with Crippen molar-refractivity contribution >= 4 is 5.91 Å². The van der Waals surface area contributed by atoms with Crippen LogP contribution in [0.4, 0.5) is 0 Å². The van der Waals surface area contributed by atoms with Crippen LogP contribution in [0, 0.1) is 0 Å². The molecule has 0 aromatic carbocycles. The van der Waals surface area contributed by atoms with E-state index < -0.39 is 11.7 Å². The first-order valence-corrected chi connectivity index (χ1v) is 7.94. The lowest BCUT2D eigenvalue weighted by Crippen LogP contribution is -2.28. The standard InChI is InChI=1S/C15H20N8O2/c1-8(2)13-16-4-5-23(13)7-10-6-11(20-19-10)14(24)17-9(3)12-18-15(25)22-21-12/h4-6,8-9H,7H2,1-3H3,(H,17,24)(H,19,20)(H2,18,21,22,25)/t9-/m0/s1. The van der Waals surface area contributed by atoms with E-state index in [4.69, 9.17) is 0 Å². The summed E-state index contributed by atoms with van der Waals surface area (Å²) in [6, 6.07) is 1.24. The second kappa shape index (κ2) is 6.75. The molecule has 1 atom stereocenters. The number of hydrogen-bond acceptors (Lipinski definition) is 5. The number of carbonyl (C=O) groups is 1. The minimum atomic E-state index is -0.451. The molecule has 0 aliphatic heterocycles. The maximum Gasteiger partial charge on any atom is 0.340 e. The van der Waals surface area contributed by atoms with Crippen LogP contribution in [0.3, 0.4) is 0 Å². The molecular formula is C15H20N8O2. The number of aromatic amines is 3. The summed E-state index contributed by atoms with van der Waals surface area (Å²) in [4.78, 5) is 30.2. The SMILES string of the molecule is CC(C)c1nccn1Cc1cc(C(=O)N[C@@H](C)c2n[nH]c(=O)[nH]2)n[nH]1. The van der Waals surface area contributed by atoms with Crippen molar-refractivity contribution in [3.05, 3.63) is 52.0 Å². The molecule has 25 heavy (non-hydrogen) atoms. The van der Waals surface area contributed by atoms with Crippen LogP contribution in [0.1, 0.15) is 60.6 Å². The zero-order chi connectivity index (χ0) is 18.0. The summed E-state index contributed by atoms with van der Waals surface area (Å²) in [5, 5.41) is 15.7. The summed E-state index contributed by atoms with van der Waals surface area (Å²) >= 11 is 0. The lowest BCUT2D eigenvalue weighted by molar-refractivity contribution is 0.0933. The average Bonchev–Trinajstić information content (AvgIpc) is 3.28. The summed E-state index contributed by atoms with van der Waals surface area (Å²) in [6.45, 7) is 6.42. The highest BCUT2D eigenvalue weighted by Gasteiger charge is 2.17. The van der Waals surface area contributed by atoms with Gasteiger partial charge < -0.3 is 9.88 Å². The molecule has 4 N–H and O–H groups in total. The summed E-state index contributed by atoms with van der Waals surface area (Å²) in [6.07, 6.45) is 3.65. The molecule has 0 unspecified atom stereocenters. The number of carbonyl (C=O) groups excluding carboxylic acids is 1. The van der Waals surface area contributed by atoms with Gasteiger partial charge in [-0.25, -0.2) is 14.9 Å². The highest BCUT2D eigenvalue weighted by molar-refractivity contribution is 5.92. The van der Waals surface area contributed by atoms with Gasteiger partial charge in [-0.2, -0.15) is 10.2 Å². The van der Waals surface area contributed by atoms with Crippen LogP contribution in [0.15, 0.2) is 23.3 Å². The van der Waals surface area contributed by atoms with Gasteiger partial charge in [0.1, 0.15) is 11.5 Å². The van der Waals surface area contributed by atoms with E-state index in [0.717, 1.165) is 11.5 Å². The molecule has 0 aliphatic carbocycles. The van der Waals surface area contributed by atoms with Gasteiger partial charge in [0.05, 0.1) is 18.3 Å². The van der Waals surface area contributed by atoms with E-state index in [1.54, 1.807) is 19.2 Å². The molecular weight excluding hydrogens is 324 g/mol. The first-order valence-electron chi connectivity index (χ1n) is 7.94. The van der Waals surface area contributed by atoms with E-state index in [0.29, 0.717) is 18.3 Å². The molecule has 3 aromatic rings. The van der Waals surface area contributed by atoms with Crippen molar-refractivity contribution in [1.82, 2.24) is 40.2 Å².